The molecule has 0 amide bonds. The maximum atomic E-state index is 13.5. The van der Waals surface area contributed by atoms with E-state index < -0.39 is 0 Å². The van der Waals surface area contributed by atoms with E-state index in [0.717, 1.165) is 23.9 Å². The van der Waals surface area contributed by atoms with Gasteiger partial charge in [-0.2, -0.15) is 0 Å². The van der Waals surface area contributed by atoms with Crippen LogP contribution in [0.15, 0.2) is 24.4 Å². The Hall–Kier alpha value is -1.51. The fraction of sp³-hybridized carbons (Fsp3) is 0.333. The van der Waals surface area contributed by atoms with E-state index in [2.05, 4.69) is 11.5 Å². The molecular formula is C12H14FNO. The van der Waals surface area contributed by atoms with Gasteiger partial charge in [0, 0.05) is 24.2 Å². The zero-order chi connectivity index (χ0) is 10.8. The van der Waals surface area contributed by atoms with Gasteiger partial charge in [-0.3, -0.25) is 0 Å². The molecule has 0 N–H and O–H groups in total. The summed E-state index contributed by atoms with van der Waals surface area (Å²) in [7, 11) is 1.48. The molecule has 0 unspecified atom stereocenters. The van der Waals surface area contributed by atoms with Crippen molar-refractivity contribution in [3.8, 4) is 5.75 Å². The molecule has 0 spiro atoms. The summed E-state index contributed by atoms with van der Waals surface area (Å²) in [6.45, 7) is 3.01. The Morgan fingerprint density at radius 2 is 2.20 bits per heavy atom. The van der Waals surface area contributed by atoms with Gasteiger partial charge in [0.05, 0.1) is 12.6 Å². The molecule has 15 heavy (non-hydrogen) atoms. The summed E-state index contributed by atoms with van der Waals surface area (Å²) in [5, 5.41) is 1.02. The number of aromatic nitrogens is 1. The Labute approximate surface area is 88.3 Å². The number of fused-ring (bicyclic) bond motifs is 1. The van der Waals surface area contributed by atoms with Gasteiger partial charge in [-0.25, -0.2) is 4.39 Å². The second kappa shape index (κ2) is 3.93. The van der Waals surface area contributed by atoms with Crippen molar-refractivity contribution >= 4 is 10.9 Å². The van der Waals surface area contributed by atoms with Gasteiger partial charge in [-0.15, -0.1) is 0 Å². The van der Waals surface area contributed by atoms with Crippen molar-refractivity contribution in [2.45, 2.75) is 19.9 Å². The molecule has 0 fully saturated rings. The Bertz CT molecular complexity index is 476. The van der Waals surface area contributed by atoms with Gasteiger partial charge in [0.25, 0.3) is 0 Å². The van der Waals surface area contributed by atoms with Crippen LogP contribution in [0.5, 0.6) is 5.75 Å². The molecule has 80 valence electrons. The van der Waals surface area contributed by atoms with E-state index in [0.29, 0.717) is 5.75 Å². The SMILES string of the molecule is CCCn1ccc2cc(OC)c(F)cc21. The summed E-state index contributed by atoms with van der Waals surface area (Å²) in [6, 6.07) is 5.24. The topological polar surface area (TPSA) is 14.2 Å². The van der Waals surface area contributed by atoms with Gasteiger partial charge in [-0.05, 0) is 18.6 Å². The van der Waals surface area contributed by atoms with Crippen LogP contribution in [0, 0.1) is 5.82 Å². The Balaban J connectivity index is 2.57. The van der Waals surface area contributed by atoms with Gasteiger partial charge in [-0.1, -0.05) is 6.92 Å². The average Bonchev–Trinajstić information content (AvgIpc) is 2.61. The molecule has 0 aliphatic heterocycles. The second-order valence-corrected chi connectivity index (χ2v) is 3.55. The number of rotatable bonds is 3. The van der Waals surface area contributed by atoms with Crippen LogP contribution >= 0.6 is 0 Å². The van der Waals surface area contributed by atoms with Crippen LogP contribution in [0.2, 0.25) is 0 Å². The van der Waals surface area contributed by atoms with E-state index in [1.807, 2.05) is 12.3 Å². The number of benzene rings is 1. The van der Waals surface area contributed by atoms with Crippen molar-refractivity contribution in [2.24, 2.45) is 0 Å². The number of ether oxygens (including phenoxy) is 1. The van der Waals surface area contributed by atoms with Crippen LogP contribution < -0.4 is 4.74 Å². The van der Waals surface area contributed by atoms with Gasteiger partial charge < -0.3 is 9.30 Å². The predicted octanol–water partition coefficient (Wildman–Crippen LogP) is 3.20. The first-order chi connectivity index (χ1) is 7.26. The summed E-state index contributed by atoms with van der Waals surface area (Å²) in [5.41, 5.74) is 0.926. The molecule has 0 saturated carbocycles. The van der Waals surface area contributed by atoms with Crippen LogP contribution in [0.4, 0.5) is 4.39 Å². The van der Waals surface area contributed by atoms with Crippen molar-refractivity contribution in [1.82, 2.24) is 4.57 Å². The summed E-state index contributed by atoms with van der Waals surface area (Å²) >= 11 is 0. The summed E-state index contributed by atoms with van der Waals surface area (Å²) in [6.07, 6.45) is 3.02. The molecule has 2 nitrogen and oxygen atoms in total. The highest BCUT2D eigenvalue weighted by molar-refractivity contribution is 5.81. The number of hydrogen-bond acceptors (Lipinski definition) is 1. The smallest absolute Gasteiger partial charge is 0.167 e. The first-order valence-corrected chi connectivity index (χ1v) is 5.08. The Morgan fingerprint density at radius 3 is 2.87 bits per heavy atom. The third-order valence-corrected chi connectivity index (χ3v) is 2.51. The van der Waals surface area contributed by atoms with Crippen LogP contribution in [0.25, 0.3) is 10.9 Å². The van der Waals surface area contributed by atoms with Crippen LogP contribution in [-0.4, -0.2) is 11.7 Å². The van der Waals surface area contributed by atoms with E-state index in [9.17, 15) is 4.39 Å². The molecule has 0 aliphatic rings. The van der Waals surface area contributed by atoms with Crippen LogP contribution in [-0.2, 0) is 6.54 Å². The highest BCUT2D eigenvalue weighted by atomic mass is 19.1. The molecule has 1 aromatic heterocycles. The third kappa shape index (κ3) is 1.69. The summed E-state index contributed by atoms with van der Waals surface area (Å²) < 4.78 is 20.5. The molecule has 0 aliphatic carbocycles. The normalized spacial score (nSPS) is 10.9. The molecule has 1 aromatic carbocycles. The number of hydrogen-bond donors (Lipinski definition) is 0. The van der Waals surface area contributed by atoms with Crippen LogP contribution in [0.1, 0.15) is 13.3 Å². The minimum atomic E-state index is -0.305. The van der Waals surface area contributed by atoms with Crippen molar-refractivity contribution in [1.29, 1.82) is 0 Å². The molecule has 2 rings (SSSR count). The number of halogens is 1. The molecule has 0 radical (unpaired) electrons. The van der Waals surface area contributed by atoms with Gasteiger partial charge in [0.2, 0.25) is 0 Å². The van der Waals surface area contributed by atoms with Gasteiger partial charge >= 0.3 is 0 Å². The van der Waals surface area contributed by atoms with Gasteiger partial charge in [0.15, 0.2) is 11.6 Å². The molecule has 0 bridgehead atoms. The molecule has 0 saturated heterocycles. The third-order valence-electron chi connectivity index (χ3n) is 2.51. The largest absolute Gasteiger partial charge is 0.494 e. The fourth-order valence-electron chi connectivity index (χ4n) is 1.78. The first-order valence-electron chi connectivity index (χ1n) is 5.08. The molecule has 3 heteroatoms. The lowest BCUT2D eigenvalue weighted by atomic mass is 10.2. The summed E-state index contributed by atoms with van der Waals surface area (Å²) in [5.74, 6) is -0.00204. The quantitative estimate of drug-likeness (QED) is 0.753. The second-order valence-electron chi connectivity index (χ2n) is 3.55. The maximum Gasteiger partial charge on any atom is 0.167 e. The minimum absolute atomic E-state index is 0.303. The number of methoxy groups -OCH3 is 1. The Kier molecular flexibility index (Phi) is 2.62. The van der Waals surface area contributed by atoms with Gasteiger partial charge in [0.1, 0.15) is 0 Å². The minimum Gasteiger partial charge on any atom is -0.494 e. The fourth-order valence-corrected chi connectivity index (χ4v) is 1.78. The molecular weight excluding hydrogens is 193 g/mol. The van der Waals surface area contributed by atoms with Crippen molar-refractivity contribution < 1.29 is 9.13 Å². The average molecular weight is 207 g/mol. The predicted molar refractivity (Wildman–Crippen MR) is 58.7 cm³/mol. The molecule has 2 aromatic rings. The van der Waals surface area contributed by atoms with Crippen molar-refractivity contribution in [3.63, 3.8) is 0 Å². The maximum absolute atomic E-state index is 13.5. The monoisotopic (exact) mass is 207 g/mol. The van der Waals surface area contributed by atoms with E-state index in [-0.39, 0.29) is 5.82 Å². The van der Waals surface area contributed by atoms with Crippen LogP contribution in [0.3, 0.4) is 0 Å². The highest BCUT2D eigenvalue weighted by Gasteiger charge is 2.07. The summed E-state index contributed by atoms with van der Waals surface area (Å²) in [4.78, 5) is 0. The lowest BCUT2D eigenvalue weighted by Crippen LogP contribution is -1.95. The molecule has 1 heterocycles. The number of aryl methyl sites for hydroxylation is 1. The van der Waals surface area contributed by atoms with E-state index >= 15 is 0 Å². The van der Waals surface area contributed by atoms with E-state index in [1.54, 1.807) is 6.07 Å². The Morgan fingerprint density at radius 1 is 1.40 bits per heavy atom. The zero-order valence-electron chi connectivity index (χ0n) is 8.96. The zero-order valence-corrected chi connectivity index (χ0v) is 8.96. The molecule has 0 atom stereocenters. The highest BCUT2D eigenvalue weighted by Crippen LogP contribution is 2.25. The van der Waals surface area contributed by atoms with E-state index in [1.165, 1.54) is 13.2 Å². The lowest BCUT2D eigenvalue weighted by Gasteiger charge is -2.05. The lowest BCUT2D eigenvalue weighted by molar-refractivity contribution is 0.387. The van der Waals surface area contributed by atoms with E-state index in [4.69, 9.17) is 4.74 Å². The first kappa shape index (κ1) is 10.0. The number of nitrogens with zero attached hydrogens (tertiary/aromatic N) is 1. The standard InChI is InChI=1S/C12H14FNO/c1-3-5-14-6-4-9-7-12(15-2)10(13)8-11(9)14/h4,6-8H,3,5H2,1-2H3. The van der Waals surface area contributed by atoms with Crippen molar-refractivity contribution in [2.75, 3.05) is 7.11 Å². The van der Waals surface area contributed by atoms with Crippen molar-refractivity contribution in [3.05, 3.63) is 30.2 Å².